The third kappa shape index (κ3) is 6.14. The second-order valence-corrected chi connectivity index (χ2v) is 9.10. The molecular formula is C27H25N3O3S. The van der Waals surface area contributed by atoms with Gasteiger partial charge in [-0.15, -0.1) is 0 Å². The maximum absolute atomic E-state index is 12.7. The van der Waals surface area contributed by atoms with Crippen molar-refractivity contribution in [2.45, 2.75) is 30.7 Å². The van der Waals surface area contributed by atoms with Crippen molar-refractivity contribution in [2.75, 3.05) is 5.32 Å². The Morgan fingerprint density at radius 3 is 2.24 bits per heavy atom. The zero-order chi connectivity index (χ0) is 23.9. The van der Waals surface area contributed by atoms with E-state index in [-0.39, 0.29) is 23.1 Å². The first-order valence-corrected chi connectivity index (χ1v) is 11.8. The lowest BCUT2D eigenvalue weighted by Crippen LogP contribution is -2.23. The van der Waals surface area contributed by atoms with Gasteiger partial charge in [-0.2, -0.15) is 0 Å². The lowest BCUT2D eigenvalue weighted by molar-refractivity contribution is -0.115. The largest absolute Gasteiger partial charge is 0.457 e. The normalized spacial score (nSPS) is 11.6. The minimum Gasteiger partial charge on any atom is -0.457 e. The minimum absolute atomic E-state index is 0.0599. The molecular weight excluding hydrogens is 446 g/mol. The summed E-state index contributed by atoms with van der Waals surface area (Å²) >= 11 is 1.48. The smallest absolute Gasteiger partial charge is 0.255 e. The predicted octanol–water partition coefficient (Wildman–Crippen LogP) is 5.91. The van der Waals surface area contributed by atoms with E-state index >= 15 is 0 Å². The van der Waals surface area contributed by atoms with Crippen LogP contribution in [0.5, 0.6) is 11.5 Å². The quantitative estimate of drug-likeness (QED) is 0.247. The van der Waals surface area contributed by atoms with Crippen LogP contribution in [0.25, 0.3) is 0 Å². The fourth-order valence-corrected chi connectivity index (χ4v) is 4.37. The van der Waals surface area contributed by atoms with E-state index in [0.717, 1.165) is 11.3 Å². The molecule has 0 aliphatic heterocycles. The number of ether oxygens (including phenoxy) is 1. The molecule has 7 heteroatoms. The molecule has 0 saturated heterocycles. The maximum atomic E-state index is 12.7. The van der Waals surface area contributed by atoms with Gasteiger partial charge in [0.2, 0.25) is 5.91 Å². The Morgan fingerprint density at radius 2 is 1.59 bits per heavy atom. The molecule has 0 saturated carbocycles. The number of nitrogens with zero attached hydrogens (tertiary/aromatic N) is 1. The molecule has 0 fully saturated rings. The third-order valence-corrected chi connectivity index (χ3v) is 6.25. The summed E-state index contributed by atoms with van der Waals surface area (Å²) < 4.78 is 5.76. The van der Waals surface area contributed by atoms with Crippen LogP contribution >= 0.6 is 11.8 Å². The van der Waals surface area contributed by atoms with Gasteiger partial charge in [-0.05, 0) is 55.8 Å². The van der Waals surface area contributed by atoms with Gasteiger partial charge in [0.25, 0.3) is 5.56 Å². The number of carbonyl (C=O) groups is 1. The van der Waals surface area contributed by atoms with Crippen LogP contribution in [0.2, 0.25) is 0 Å². The molecule has 1 unspecified atom stereocenters. The number of thioether (sulfide) groups is 1. The highest BCUT2D eigenvalue weighted by Gasteiger charge is 2.15. The molecule has 3 aromatic carbocycles. The van der Waals surface area contributed by atoms with Gasteiger partial charge in [0, 0.05) is 22.2 Å². The maximum Gasteiger partial charge on any atom is 0.255 e. The Morgan fingerprint density at radius 1 is 0.971 bits per heavy atom. The number of anilines is 1. The van der Waals surface area contributed by atoms with E-state index in [9.17, 15) is 9.59 Å². The number of aromatic amines is 1. The summed E-state index contributed by atoms with van der Waals surface area (Å²) in [6, 6.07) is 26.6. The number of para-hydroxylation sites is 1. The zero-order valence-electron chi connectivity index (χ0n) is 18.9. The van der Waals surface area contributed by atoms with E-state index in [4.69, 9.17) is 4.74 Å². The number of nitrogens with one attached hydrogen (secondary N) is 2. The van der Waals surface area contributed by atoms with Gasteiger partial charge in [-0.3, -0.25) is 9.59 Å². The Labute approximate surface area is 202 Å². The van der Waals surface area contributed by atoms with Crippen molar-refractivity contribution in [3.05, 3.63) is 112 Å². The van der Waals surface area contributed by atoms with Crippen LogP contribution < -0.4 is 15.6 Å². The van der Waals surface area contributed by atoms with Crippen molar-refractivity contribution < 1.29 is 9.53 Å². The molecule has 1 aromatic heterocycles. The van der Waals surface area contributed by atoms with Gasteiger partial charge < -0.3 is 15.0 Å². The lowest BCUT2D eigenvalue weighted by Gasteiger charge is -2.12. The summed E-state index contributed by atoms with van der Waals surface area (Å²) in [6.45, 7) is 3.82. The van der Waals surface area contributed by atoms with E-state index in [1.807, 2.05) is 60.7 Å². The van der Waals surface area contributed by atoms with Gasteiger partial charge in [-0.1, -0.05) is 60.3 Å². The summed E-state index contributed by atoms with van der Waals surface area (Å²) in [4.78, 5) is 32.6. The standard InChI is InChI=1S/C27H25N3O3S/c1-18-24(26(32)30-27(28-18)34-19(2)20-9-5-3-6-10-20)17-25(31)29-21-13-15-23(16-14-21)33-22-11-7-4-8-12-22/h3-16,19H,17H2,1-2H3,(H,29,31)(H,28,30,32). The van der Waals surface area contributed by atoms with Crippen molar-refractivity contribution in [3.63, 3.8) is 0 Å². The Kier molecular flexibility index (Phi) is 7.44. The highest BCUT2D eigenvalue weighted by Crippen LogP contribution is 2.32. The van der Waals surface area contributed by atoms with Gasteiger partial charge in [0.15, 0.2) is 5.16 Å². The van der Waals surface area contributed by atoms with Gasteiger partial charge >= 0.3 is 0 Å². The Hall–Kier alpha value is -3.84. The van der Waals surface area contributed by atoms with Crippen LogP contribution in [0, 0.1) is 6.92 Å². The molecule has 1 amide bonds. The monoisotopic (exact) mass is 471 g/mol. The molecule has 4 rings (SSSR count). The van der Waals surface area contributed by atoms with E-state index < -0.39 is 0 Å². The van der Waals surface area contributed by atoms with Crippen molar-refractivity contribution >= 4 is 23.4 Å². The van der Waals surface area contributed by atoms with Gasteiger partial charge in [0.1, 0.15) is 11.5 Å². The first kappa shape index (κ1) is 23.3. The number of carbonyl (C=O) groups excluding carboxylic acids is 1. The number of amides is 1. The van der Waals surface area contributed by atoms with Crippen LogP contribution in [-0.4, -0.2) is 15.9 Å². The Balaban J connectivity index is 1.37. The third-order valence-electron chi connectivity index (χ3n) is 5.21. The molecule has 172 valence electrons. The van der Waals surface area contributed by atoms with E-state index in [1.54, 1.807) is 31.2 Å². The second-order valence-electron chi connectivity index (χ2n) is 7.77. The van der Waals surface area contributed by atoms with Crippen LogP contribution in [0.3, 0.4) is 0 Å². The lowest BCUT2D eigenvalue weighted by atomic mass is 10.1. The molecule has 0 radical (unpaired) electrons. The van der Waals surface area contributed by atoms with E-state index in [0.29, 0.717) is 27.9 Å². The first-order chi connectivity index (χ1) is 16.5. The summed E-state index contributed by atoms with van der Waals surface area (Å²) in [5.74, 6) is 1.12. The molecule has 0 bridgehead atoms. The SMILES string of the molecule is Cc1nc(SC(C)c2ccccc2)[nH]c(=O)c1CC(=O)Nc1ccc(Oc2ccccc2)cc1. The van der Waals surface area contributed by atoms with Crippen LogP contribution in [0.15, 0.2) is 94.9 Å². The summed E-state index contributed by atoms with van der Waals surface area (Å²) in [5, 5.41) is 3.49. The number of rotatable bonds is 8. The molecule has 1 heterocycles. The summed E-state index contributed by atoms with van der Waals surface area (Å²) in [5.41, 5.74) is 2.39. The van der Waals surface area contributed by atoms with Gasteiger partial charge in [0.05, 0.1) is 6.42 Å². The summed E-state index contributed by atoms with van der Waals surface area (Å²) in [6.07, 6.45) is -0.0599. The fraction of sp³-hybridized carbons (Fsp3) is 0.148. The molecule has 6 nitrogen and oxygen atoms in total. The number of aryl methyl sites for hydroxylation is 1. The highest BCUT2D eigenvalue weighted by molar-refractivity contribution is 7.99. The highest BCUT2D eigenvalue weighted by atomic mass is 32.2. The van der Waals surface area contributed by atoms with E-state index in [2.05, 4.69) is 22.2 Å². The molecule has 0 aliphatic rings. The first-order valence-electron chi connectivity index (χ1n) is 10.9. The predicted molar refractivity (Wildman–Crippen MR) is 136 cm³/mol. The molecule has 2 N–H and O–H groups in total. The Bertz CT molecular complexity index is 1310. The average Bonchev–Trinajstić information content (AvgIpc) is 2.84. The molecule has 4 aromatic rings. The summed E-state index contributed by atoms with van der Waals surface area (Å²) in [7, 11) is 0. The zero-order valence-corrected chi connectivity index (χ0v) is 19.8. The number of H-pyrrole nitrogens is 1. The molecule has 0 aliphatic carbocycles. The second kappa shape index (κ2) is 10.9. The van der Waals surface area contributed by atoms with Crippen LogP contribution in [-0.2, 0) is 11.2 Å². The van der Waals surface area contributed by atoms with E-state index in [1.165, 1.54) is 11.8 Å². The van der Waals surface area contributed by atoms with Crippen molar-refractivity contribution in [1.29, 1.82) is 0 Å². The van der Waals surface area contributed by atoms with Crippen molar-refractivity contribution in [3.8, 4) is 11.5 Å². The van der Waals surface area contributed by atoms with Gasteiger partial charge in [-0.25, -0.2) is 4.98 Å². The molecule has 1 atom stereocenters. The number of aromatic nitrogens is 2. The minimum atomic E-state index is -0.294. The number of hydrogen-bond donors (Lipinski definition) is 2. The molecule has 0 spiro atoms. The fourth-order valence-electron chi connectivity index (χ4n) is 3.40. The van der Waals surface area contributed by atoms with Crippen LogP contribution in [0.1, 0.15) is 29.0 Å². The van der Waals surface area contributed by atoms with Crippen LogP contribution in [0.4, 0.5) is 5.69 Å². The topological polar surface area (TPSA) is 84.1 Å². The van der Waals surface area contributed by atoms with Crippen molar-refractivity contribution in [2.24, 2.45) is 0 Å². The molecule has 34 heavy (non-hydrogen) atoms. The average molecular weight is 472 g/mol. The van der Waals surface area contributed by atoms with Crippen molar-refractivity contribution in [1.82, 2.24) is 9.97 Å². The number of benzene rings is 3. The number of hydrogen-bond acceptors (Lipinski definition) is 5.